The molecule has 0 aromatic heterocycles. The highest BCUT2D eigenvalue weighted by Crippen LogP contribution is 2.28. The van der Waals surface area contributed by atoms with Gasteiger partial charge in [-0.2, -0.15) is 0 Å². The molecule has 20 heavy (non-hydrogen) atoms. The van der Waals surface area contributed by atoms with Crippen LogP contribution in [0.1, 0.15) is 43.7 Å². The third kappa shape index (κ3) is 4.04. The molecule has 0 atom stereocenters. The molecule has 4 heteroatoms. The Bertz CT molecular complexity index is 493. The number of hydrogen-bond donors (Lipinski definition) is 2. The molecule has 1 aromatic rings. The highest BCUT2D eigenvalue weighted by atomic mass is 32.1. The van der Waals surface area contributed by atoms with Crippen LogP contribution in [0, 0.1) is 11.8 Å². The number of nitrogens with one attached hydrogen (secondary N) is 1. The second kappa shape index (κ2) is 6.84. The van der Waals surface area contributed by atoms with Gasteiger partial charge >= 0.3 is 0 Å². The topological polar surface area (TPSA) is 55.1 Å². The van der Waals surface area contributed by atoms with Crippen LogP contribution >= 0.6 is 12.2 Å². The van der Waals surface area contributed by atoms with E-state index >= 15 is 0 Å². The quantitative estimate of drug-likeness (QED) is 0.838. The minimum Gasteiger partial charge on any atom is -0.389 e. The molecule has 108 valence electrons. The Morgan fingerprint density at radius 1 is 1.35 bits per heavy atom. The summed E-state index contributed by atoms with van der Waals surface area (Å²) in [6.45, 7) is 2.80. The molecular formula is C16H22N2OS. The Hall–Kier alpha value is -1.42. The van der Waals surface area contributed by atoms with Crippen molar-refractivity contribution < 1.29 is 4.79 Å². The van der Waals surface area contributed by atoms with Gasteiger partial charge < -0.3 is 11.1 Å². The lowest BCUT2D eigenvalue weighted by Gasteiger charge is -2.25. The van der Waals surface area contributed by atoms with Crippen LogP contribution in [0.4, 0.5) is 0 Å². The fourth-order valence-corrected chi connectivity index (χ4v) is 2.82. The first-order valence-electron chi connectivity index (χ1n) is 7.22. The lowest BCUT2D eigenvalue weighted by atomic mass is 9.82. The molecule has 0 saturated heterocycles. The zero-order chi connectivity index (χ0) is 14.5. The zero-order valence-electron chi connectivity index (χ0n) is 11.9. The zero-order valence-corrected chi connectivity index (χ0v) is 12.7. The molecule has 2 rings (SSSR count). The molecule has 3 nitrogen and oxygen atoms in total. The number of nitrogens with two attached hydrogens (primary N) is 1. The number of carbonyl (C=O) groups excluding carboxylic acids is 1. The fourth-order valence-electron chi connectivity index (χ4n) is 2.69. The molecule has 0 bridgehead atoms. The summed E-state index contributed by atoms with van der Waals surface area (Å²) in [5.74, 6) is 1.13. The van der Waals surface area contributed by atoms with Crippen LogP contribution in [0.15, 0.2) is 24.3 Å². The molecule has 1 fully saturated rings. The van der Waals surface area contributed by atoms with Crippen molar-refractivity contribution in [2.45, 2.75) is 39.2 Å². The van der Waals surface area contributed by atoms with Crippen molar-refractivity contribution in [3.8, 4) is 0 Å². The second-order valence-corrected chi connectivity index (χ2v) is 6.18. The van der Waals surface area contributed by atoms with E-state index in [1.807, 2.05) is 24.3 Å². The van der Waals surface area contributed by atoms with Crippen LogP contribution in [-0.2, 0) is 11.3 Å². The van der Waals surface area contributed by atoms with Crippen LogP contribution in [0.3, 0.4) is 0 Å². The second-order valence-electron chi connectivity index (χ2n) is 5.74. The van der Waals surface area contributed by atoms with E-state index in [4.69, 9.17) is 18.0 Å². The van der Waals surface area contributed by atoms with Crippen LogP contribution < -0.4 is 11.1 Å². The number of hydrogen-bond acceptors (Lipinski definition) is 2. The summed E-state index contributed by atoms with van der Waals surface area (Å²) < 4.78 is 0. The maximum atomic E-state index is 12.1. The van der Waals surface area contributed by atoms with Gasteiger partial charge in [-0.15, -0.1) is 0 Å². The van der Waals surface area contributed by atoms with E-state index in [1.165, 1.54) is 0 Å². The summed E-state index contributed by atoms with van der Waals surface area (Å²) in [6, 6.07) is 7.71. The Morgan fingerprint density at radius 2 is 2.05 bits per heavy atom. The van der Waals surface area contributed by atoms with Crippen LogP contribution in [-0.4, -0.2) is 10.9 Å². The predicted molar refractivity (Wildman–Crippen MR) is 85.3 cm³/mol. The van der Waals surface area contributed by atoms with Gasteiger partial charge in [-0.1, -0.05) is 37.3 Å². The first kappa shape index (κ1) is 15.0. The lowest BCUT2D eigenvalue weighted by Crippen LogP contribution is -2.32. The number of thiocarbonyl (C=S) groups is 1. The van der Waals surface area contributed by atoms with Gasteiger partial charge in [0.1, 0.15) is 4.99 Å². The Balaban J connectivity index is 1.87. The van der Waals surface area contributed by atoms with Gasteiger partial charge in [-0.05, 0) is 43.2 Å². The highest BCUT2D eigenvalue weighted by molar-refractivity contribution is 7.80. The van der Waals surface area contributed by atoms with Crippen molar-refractivity contribution in [3.63, 3.8) is 0 Å². The summed E-state index contributed by atoms with van der Waals surface area (Å²) in [4.78, 5) is 12.5. The third-order valence-corrected chi connectivity index (χ3v) is 4.30. The van der Waals surface area contributed by atoms with Gasteiger partial charge in [0.05, 0.1) is 0 Å². The summed E-state index contributed by atoms with van der Waals surface area (Å²) >= 11 is 4.96. The average molecular weight is 290 g/mol. The molecule has 3 N–H and O–H groups in total. The van der Waals surface area contributed by atoms with Crippen molar-refractivity contribution in [1.82, 2.24) is 5.32 Å². The normalized spacial score (nSPS) is 22.2. The molecule has 1 saturated carbocycles. The van der Waals surface area contributed by atoms with E-state index < -0.39 is 0 Å². The maximum absolute atomic E-state index is 12.1. The van der Waals surface area contributed by atoms with E-state index in [0.29, 0.717) is 11.5 Å². The molecule has 1 aromatic carbocycles. The summed E-state index contributed by atoms with van der Waals surface area (Å²) in [5.41, 5.74) is 7.49. The van der Waals surface area contributed by atoms with E-state index in [-0.39, 0.29) is 11.8 Å². The molecule has 0 radical (unpaired) electrons. The van der Waals surface area contributed by atoms with Crippen LogP contribution in [0.2, 0.25) is 0 Å². The molecule has 1 amide bonds. The van der Waals surface area contributed by atoms with Gasteiger partial charge in [0, 0.05) is 18.0 Å². The largest absolute Gasteiger partial charge is 0.389 e. The fraction of sp³-hybridized carbons (Fsp3) is 0.500. The van der Waals surface area contributed by atoms with Gasteiger partial charge in [-0.25, -0.2) is 0 Å². The van der Waals surface area contributed by atoms with Gasteiger partial charge in [-0.3, -0.25) is 4.79 Å². The first-order chi connectivity index (χ1) is 9.56. The maximum Gasteiger partial charge on any atom is 0.223 e. The SMILES string of the molecule is CC1CCC(C(=O)NCc2cccc(C(N)=S)c2)CC1. The van der Waals surface area contributed by atoms with Gasteiger partial charge in [0.2, 0.25) is 5.91 Å². The van der Waals surface area contributed by atoms with Crippen molar-refractivity contribution in [2.75, 3.05) is 0 Å². The van der Waals surface area contributed by atoms with Crippen molar-refractivity contribution in [3.05, 3.63) is 35.4 Å². The molecule has 0 unspecified atom stereocenters. The number of rotatable bonds is 4. The van der Waals surface area contributed by atoms with E-state index in [1.54, 1.807) is 0 Å². The summed E-state index contributed by atoms with van der Waals surface area (Å²) in [7, 11) is 0. The Labute approximate surface area is 125 Å². The molecule has 0 aliphatic heterocycles. The highest BCUT2D eigenvalue weighted by Gasteiger charge is 2.23. The third-order valence-electron chi connectivity index (χ3n) is 4.06. The summed E-state index contributed by atoms with van der Waals surface area (Å²) in [6.07, 6.45) is 4.35. The van der Waals surface area contributed by atoms with E-state index in [2.05, 4.69) is 12.2 Å². The number of benzene rings is 1. The lowest BCUT2D eigenvalue weighted by molar-refractivity contribution is -0.126. The minimum absolute atomic E-state index is 0.178. The smallest absolute Gasteiger partial charge is 0.223 e. The summed E-state index contributed by atoms with van der Waals surface area (Å²) in [5, 5.41) is 3.03. The van der Waals surface area contributed by atoms with Gasteiger partial charge in [0.25, 0.3) is 0 Å². The molecule has 1 aliphatic carbocycles. The Kier molecular flexibility index (Phi) is 5.12. The molecule has 1 aliphatic rings. The molecule has 0 heterocycles. The first-order valence-corrected chi connectivity index (χ1v) is 7.63. The standard InChI is InChI=1S/C16H22N2OS/c1-11-5-7-13(8-6-11)16(19)18-10-12-3-2-4-14(9-12)15(17)20/h2-4,9,11,13H,5-8,10H2,1H3,(H2,17,20)(H,18,19). The predicted octanol–water partition coefficient (Wildman–Crippen LogP) is 2.76. The van der Waals surface area contributed by atoms with Crippen LogP contribution in [0.5, 0.6) is 0 Å². The number of amides is 1. The van der Waals surface area contributed by atoms with E-state index in [9.17, 15) is 4.79 Å². The van der Waals surface area contributed by atoms with Crippen LogP contribution in [0.25, 0.3) is 0 Å². The monoisotopic (exact) mass is 290 g/mol. The number of carbonyl (C=O) groups is 1. The Morgan fingerprint density at radius 3 is 2.70 bits per heavy atom. The van der Waals surface area contributed by atoms with Crippen molar-refractivity contribution in [2.24, 2.45) is 17.6 Å². The average Bonchev–Trinajstić information content (AvgIpc) is 2.46. The van der Waals surface area contributed by atoms with Gasteiger partial charge in [0.15, 0.2) is 0 Å². The molecular weight excluding hydrogens is 268 g/mol. The van der Waals surface area contributed by atoms with E-state index in [0.717, 1.165) is 42.7 Å². The molecule has 0 spiro atoms. The minimum atomic E-state index is 0.178. The van der Waals surface area contributed by atoms with Crippen molar-refractivity contribution >= 4 is 23.1 Å². The van der Waals surface area contributed by atoms with Crippen molar-refractivity contribution in [1.29, 1.82) is 0 Å².